The Hall–Kier alpha value is -3.16. The zero-order valence-corrected chi connectivity index (χ0v) is 38.6. The van der Waals surface area contributed by atoms with Gasteiger partial charge < -0.3 is 55.6 Å². The maximum atomic E-state index is 12.1. The number of H-pyrrole nitrogens is 1. The number of aliphatic carboxylic acids is 1. The van der Waals surface area contributed by atoms with Gasteiger partial charge in [0, 0.05) is 58.6 Å². The van der Waals surface area contributed by atoms with E-state index in [-0.39, 0.29) is 30.5 Å². The van der Waals surface area contributed by atoms with Gasteiger partial charge in [-0.1, -0.05) is 54.1 Å². The number of aromatic amines is 1. The summed E-state index contributed by atoms with van der Waals surface area (Å²) in [6, 6.07) is 8.54. The first-order valence-electron chi connectivity index (χ1n) is 21.7. The lowest BCUT2D eigenvalue weighted by Crippen LogP contribution is -2.50. The number of rotatable bonds is 22. The molecule has 61 heavy (non-hydrogen) atoms. The highest BCUT2D eigenvalue weighted by molar-refractivity contribution is 9.11. The molecule has 2 fully saturated rings. The number of nitrogens with one attached hydrogen (secondary N) is 4. The fourth-order valence-electron chi connectivity index (χ4n) is 7.85. The van der Waals surface area contributed by atoms with E-state index in [0.717, 1.165) is 90.6 Å². The summed E-state index contributed by atoms with van der Waals surface area (Å²) >= 11 is 7.24. The second kappa shape index (κ2) is 24.6. The number of hydrogen-bond acceptors (Lipinski definition) is 13. The minimum atomic E-state index is -1.06. The predicted octanol–water partition coefficient (Wildman–Crippen LogP) is 7.02. The second-order valence-corrected chi connectivity index (χ2v) is 18.3. The van der Waals surface area contributed by atoms with Crippen LogP contribution in [-0.2, 0) is 23.8 Å². The highest BCUT2D eigenvalue weighted by atomic mass is 79.9. The first kappa shape index (κ1) is 48.9. The van der Waals surface area contributed by atoms with Crippen LogP contribution >= 0.6 is 31.9 Å². The van der Waals surface area contributed by atoms with Crippen LogP contribution < -0.4 is 16.0 Å². The number of epoxide rings is 1. The third-order valence-electron chi connectivity index (χ3n) is 11.6. The number of fused-ring (bicyclic) bond motifs is 2. The number of nitrogens with zero attached hydrogens (tertiary/aromatic N) is 2. The molecule has 0 amide bonds. The van der Waals surface area contributed by atoms with Gasteiger partial charge in [0.15, 0.2) is 5.65 Å². The third kappa shape index (κ3) is 15.6. The Bertz CT molecular complexity index is 1850. The highest BCUT2D eigenvalue weighted by Crippen LogP contribution is 2.39. The molecule has 1 unspecified atom stereocenters. The van der Waals surface area contributed by atoms with Crippen LogP contribution in [0.25, 0.3) is 11.2 Å². The van der Waals surface area contributed by atoms with Gasteiger partial charge in [-0.2, -0.15) is 4.98 Å². The third-order valence-corrected chi connectivity index (χ3v) is 12.7. The molecule has 17 heteroatoms. The molecule has 0 saturated carbocycles. The van der Waals surface area contributed by atoms with Gasteiger partial charge in [0.25, 0.3) is 0 Å². The van der Waals surface area contributed by atoms with Crippen molar-refractivity contribution in [1.29, 1.82) is 0 Å². The Morgan fingerprint density at radius 2 is 1.82 bits per heavy atom. The lowest BCUT2D eigenvalue weighted by Gasteiger charge is -2.38. The van der Waals surface area contributed by atoms with Crippen LogP contribution in [0.2, 0.25) is 0 Å². The number of esters is 1. The number of unbranched alkanes of at least 4 members (excludes halogenated alkanes) is 5. The van der Waals surface area contributed by atoms with Crippen molar-refractivity contribution < 1.29 is 44.2 Å². The van der Waals surface area contributed by atoms with Crippen molar-refractivity contribution in [3.8, 4) is 0 Å². The minimum absolute atomic E-state index is 0.0160. The van der Waals surface area contributed by atoms with Gasteiger partial charge >= 0.3 is 11.9 Å². The van der Waals surface area contributed by atoms with E-state index in [9.17, 15) is 24.9 Å². The average molecular weight is 981 g/mol. The first-order chi connectivity index (χ1) is 29.3. The molecule has 2 saturated heterocycles. The Morgan fingerprint density at radius 1 is 1.05 bits per heavy atom. The van der Waals surface area contributed by atoms with E-state index in [1.54, 1.807) is 20.0 Å². The van der Waals surface area contributed by atoms with Crippen molar-refractivity contribution in [2.24, 2.45) is 11.8 Å². The van der Waals surface area contributed by atoms with Crippen LogP contribution in [0.1, 0.15) is 103 Å². The number of carbonyl (C=O) groups excluding carboxylic acids is 1. The summed E-state index contributed by atoms with van der Waals surface area (Å²) < 4.78 is 18.9. The minimum Gasteiger partial charge on any atom is -0.481 e. The number of aliphatic hydroxyl groups is 3. The molecule has 1 aromatic carbocycles. The molecule has 2 aromatic heterocycles. The van der Waals surface area contributed by atoms with Crippen LogP contribution in [0, 0.1) is 11.8 Å². The quantitative estimate of drug-likeness (QED) is 0.0219. The molecule has 9 atom stereocenters. The molecule has 0 aliphatic carbocycles. The van der Waals surface area contributed by atoms with Crippen LogP contribution in [0.3, 0.4) is 0 Å². The van der Waals surface area contributed by atoms with Gasteiger partial charge in [-0.15, -0.1) is 0 Å². The number of aromatic nitrogens is 3. The van der Waals surface area contributed by atoms with E-state index in [2.05, 4.69) is 74.9 Å². The van der Waals surface area contributed by atoms with Gasteiger partial charge in [0.2, 0.25) is 5.95 Å². The van der Waals surface area contributed by atoms with Crippen LogP contribution in [0.15, 0.2) is 51.1 Å². The lowest BCUT2D eigenvalue weighted by atomic mass is 9.85. The van der Waals surface area contributed by atoms with E-state index in [1.807, 2.05) is 19.1 Å². The average Bonchev–Trinajstić information content (AvgIpc) is 3.86. The van der Waals surface area contributed by atoms with Gasteiger partial charge in [-0.3, -0.25) is 4.79 Å². The monoisotopic (exact) mass is 978 g/mol. The number of benzene rings is 1. The van der Waals surface area contributed by atoms with Gasteiger partial charge in [-0.25, -0.2) is 9.78 Å². The molecule has 5 heterocycles. The summed E-state index contributed by atoms with van der Waals surface area (Å²) in [6.45, 7) is 8.85. The van der Waals surface area contributed by atoms with E-state index >= 15 is 0 Å². The van der Waals surface area contributed by atoms with E-state index < -0.39 is 36.4 Å². The number of carboxylic acid groups (broad SMARTS) is 1. The molecule has 0 spiro atoms. The van der Waals surface area contributed by atoms with Crippen molar-refractivity contribution in [3.63, 3.8) is 0 Å². The summed E-state index contributed by atoms with van der Waals surface area (Å²) in [6.07, 6.45) is 8.46. The van der Waals surface area contributed by atoms with Crippen LogP contribution in [0.4, 0.5) is 11.6 Å². The normalized spacial score (nSPS) is 24.5. The number of carboxylic acids is 1. The van der Waals surface area contributed by atoms with E-state index in [1.165, 1.54) is 17.3 Å². The Kier molecular flexibility index (Phi) is 19.7. The lowest BCUT2D eigenvalue weighted by molar-refractivity contribution is -0.165. The molecular weight excluding hydrogens is 916 g/mol. The predicted molar refractivity (Wildman–Crippen MR) is 241 cm³/mol. The van der Waals surface area contributed by atoms with Crippen molar-refractivity contribution in [2.45, 2.75) is 134 Å². The topological polar surface area (TPSA) is 224 Å². The molecule has 3 aliphatic rings. The molecule has 15 nitrogen and oxygen atoms in total. The Balaban J connectivity index is 0.000000240. The van der Waals surface area contributed by atoms with Crippen molar-refractivity contribution >= 4 is 66.6 Å². The summed E-state index contributed by atoms with van der Waals surface area (Å²) in [5, 5.41) is 50.0. The molecule has 3 aromatic rings. The molecule has 8 N–H and O–H groups in total. The molecule has 6 rings (SSSR count). The van der Waals surface area contributed by atoms with Gasteiger partial charge in [0.05, 0.1) is 54.9 Å². The summed E-state index contributed by atoms with van der Waals surface area (Å²) in [5.41, 5.74) is 4.92. The second-order valence-electron chi connectivity index (χ2n) is 16.5. The zero-order chi connectivity index (χ0) is 43.9. The maximum Gasteiger partial charge on any atom is 0.330 e. The van der Waals surface area contributed by atoms with Crippen molar-refractivity contribution in [3.05, 3.63) is 56.6 Å². The van der Waals surface area contributed by atoms with Gasteiger partial charge in [0.1, 0.15) is 6.10 Å². The summed E-state index contributed by atoms with van der Waals surface area (Å²) in [5.74, 6) is -0.645. The van der Waals surface area contributed by atoms with E-state index in [0.29, 0.717) is 44.1 Å². The first-order valence-corrected chi connectivity index (χ1v) is 23.3. The molecule has 338 valence electrons. The standard InChI is InChI=1S/C26H44O9.C18H20Br2N6/c1-16(13-23(30)33-11-9-7-5-4-6-8-10-22(28)29)12-20-25(32)24(31)19(15-34-20)14-21-26(35-21)17(2)18(3)27;19-11-9-12-14(4-8-22-16(12)13(20)10-11)21-6-2-7-24-18-25-15-3-1-5-23-17(15)26-18/h13,17-21,24-27,31-32H,4-12,14-15H2,1-3H3,(H,28,29);1,3,5,9-10,14,21-22H,2,4,6-8H2,(H2,23,24,25,26)/b16-13+;/t17-,18-,19-,20-,21+,24+,25-,26-;/m0./s1. The fraction of sp³-hybridized carbons (Fsp3) is 0.636. The molecular formula is C44H64Br2N6O9. The van der Waals surface area contributed by atoms with Crippen molar-refractivity contribution in [1.82, 2.24) is 20.3 Å². The number of imidazole rings is 1. The van der Waals surface area contributed by atoms with Crippen LogP contribution in [0.5, 0.6) is 0 Å². The van der Waals surface area contributed by atoms with Crippen molar-refractivity contribution in [2.75, 3.05) is 43.5 Å². The zero-order valence-electron chi connectivity index (χ0n) is 35.5. The summed E-state index contributed by atoms with van der Waals surface area (Å²) in [4.78, 5) is 34.4. The summed E-state index contributed by atoms with van der Waals surface area (Å²) in [7, 11) is 0. The molecule has 0 radical (unpaired) electrons. The number of ether oxygens (including phenoxy) is 3. The number of carbonyl (C=O) groups is 2. The SMILES string of the molecule is Brc1cc(Br)c2c(c1)C(NCCCNc1nc3ncccc3[nH]1)CCN2.C/C(=C\C(=O)OCCCCCCCCC(=O)O)C[C@@H]1OC[C@H](C[C@H]2O[C@H]2[C@@H](C)[C@H](C)O)[C@@H](O)[C@H]1O. The number of halogens is 2. The molecule has 0 bridgehead atoms. The Labute approximate surface area is 375 Å². The number of hydrogen-bond donors (Lipinski definition) is 8. The Morgan fingerprint density at radius 3 is 2.57 bits per heavy atom. The highest BCUT2D eigenvalue weighted by Gasteiger charge is 2.48. The van der Waals surface area contributed by atoms with Gasteiger partial charge in [-0.05, 0) is 105 Å². The molecule has 3 aliphatic heterocycles. The number of aliphatic hydroxyl groups excluding tert-OH is 3. The number of pyridine rings is 1. The number of anilines is 2. The van der Waals surface area contributed by atoms with Crippen LogP contribution in [-0.4, -0.2) is 117 Å². The fourth-order valence-corrected chi connectivity index (χ4v) is 9.25. The smallest absolute Gasteiger partial charge is 0.330 e. The van der Waals surface area contributed by atoms with E-state index in [4.69, 9.17) is 19.3 Å². The largest absolute Gasteiger partial charge is 0.481 e. The maximum absolute atomic E-state index is 12.1.